The van der Waals surface area contributed by atoms with Gasteiger partial charge in [0.2, 0.25) is 11.8 Å². The van der Waals surface area contributed by atoms with Gasteiger partial charge in [-0.25, -0.2) is 4.98 Å². The quantitative estimate of drug-likeness (QED) is 0.749. The van der Waals surface area contributed by atoms with E-state index in [0.29, 0.717) is 25.6 Å². The smallest absolute Gasteiger partial charge is 0.249 e. The number of amides is 1. The second-order valence-electron chi connectivity index (χ2n) is 6.29. The summed E-state index contributed by atoms with van der Waals surface area (Å²) in [6.45, 7) is 8.13. The van der Waals surface area contributed by atoms with Crippen molar-refractivity contribution in [2.24, 2.45) is 5.92 Å². The van der Waals surface area contributed by atoms with Crippen molar-refractivity contribution in [3.05, 3.63) is 23.9 Å². The van der Waals surface area contributed by atoms with Crippen LogP contribution in [0.2, 0.25) is 0 Å². The van der Waals surface area contributed by atoms with Gasteiger partial charge >= 0.3 is 0 Å². The number of hydrogen-bond acceptors (Lipinski definition) is 5. The molecule has 0 aliphatic carbocycles. The highest BCUT2D eigenvalue weighted by Crippen LogP contribution is 2.15. The number of pyridine rings is 1. The topological polar surface area (TPSA) is 69.7 Å². The number of aromatic nitrogens is 1. The number of nitrogens with one attached hydrogen (secondary N) is 1. The number of ether oxygens (including phenoxy) is 3. The van der Waals surface area contributed by atoms with Gasteiger partial charge in [0, 0.05) is 25.4 Å². The number of carbonyl (C=O) groups is 1. The van der Waals surface area contributed by atoms with Crippen molar-refractivity contribution in [1.82, 2.24) is 10.3 Å². The van der Waals surface area contributed by atoms with E-state index in [1.807, 2.05) is 32.9 Å². The fourth-order valence-electron chi connectivity index (χ4n) is 2.63. The summed E-state index contributed by atoms with van der Waals surface area (Å²) < 4.78 is 16.7. The molecule has 1 aliphatic heterocycles. The van der Waals surface area contributed by atoms with Crippen molar-refractivity contribution >= 4 is 5.91 Å². The second-order valence-corrected chi connectivity index (χ2v) is 6.29. The van der Waals surface area contributed by atoms with Gasteiger partial charge in [0.15, 0.2) is 0 Å². The largest absolute Gasteiger partial charge is 0.478 e. The molecule has 1 aromatic heterocycles. The molecular formula is C18H28N2O4. The molecule has 6 heteroatoms. The van der Waals surface area contributed by atoms with Gasteiger partial charge in [-0.15, -0.1) is 0 Å². The summed E-state index contributed by atoms with van der Waals surface area (Å²) in [4.78, 5) is 16.6. The first-order chi connectivity index (χ1) is 11.6. The Bertz CT molecular complexity index is 515. The molecule has 0 spiro atoms. The van der Waals surface area contributed by atoms with Crippen molar-refractivity contribution in [3.8, 4) is 5.88 Å². The van der Waals surface area contributed by atoms with Crippen LogP contribution in [-0.4, -0.2) is 42.9 Å². The average molecular weight is 336 g/mol. The summed E-state index contributed by atoms with van der Waals surface area (Å²) in [5.74, 6) is 0.569. The van der Waals surface area contributed by atoms with Crippen molar-refractivity contribution in [2.75, 3.05) is 19.8 Å². The Morgan fingerprint density at radius 2 is 2.33 bits per heavy atom. The molecule has 0 radical (unpaired) electrons. The van der Waals surface area contributed by atoms with E-state index in [1.54, 1.807) is 6.20 Å². The van der Waals surface area contributed by atoms with Gasteiger partial charge in [-0.2, -0.15) is 0 Å². The van der Waals surface area contributed by atoms with Crippen LogP contribution in [-0.2, 0) is 20.8 Å². The molecule has 0 bridgehead atoms. The van der Waals surface area contributed by atoms with Gasteiger partial charge in [-0.3, -0.25) is 4.79 Å². The Kier molecular flexibility index (Phi) is 7.46. The predicted octanol–water partition coefficient (Wildman–Crippen LogP) is 2.32. The lowest BCUT2D eigenvalue weighted by molar-refractivity contribution is -0.138. The van der Waals surface area contributed by atoms with E-state index in [0.717, 1.165) is 25.0 Å². The predicted molar refractivity (Wildman–Crippen MR) is 90.8 cm³/mol. The van der Waals surface area contributed by atoms with Crippen LogP contribution in [0.3, 0.4) is 0 Å². The monoisotopic (exact) mass is 336 g/mol. The highest BCUT2D eigenvalue weighted by molar-refractivity contribution is 5.81. The van der Waals surface area contributed by atoms with Crippen LogP contribution in [0.5, 0.6) is 5.88 Å². The van der Waals surface area contributed by atoms with Gasteiger partial charge < -0.3 is 19.5 Å². The second kappa shape index (κ2) is 9.59. The maximum absolute atomic E-state index is 12.4. The van der Waals surface area contributed by atoms with Crippen molar-refractivity contribution in [3.63, 3.8) is 0 Å². The molecule has 0 unspecified atom stereocenters. The summed E-state index contributed by atoms with van der Waals surface area (Å²) in [6.07, 6.45) is 3.40. The van der Waals surface area contributed by atoms with E-state index in [2.05, 4.69) is 10.3 Å². The normalized spacial score (nSPS) is 18.6. The van der Waals surface area contributed by atoms with Gasteiger partial charge in [-0.1, -0.05) is 13.8 Å². The fraction of sp³-hybridized carbons (Fsp3) is 0.667. The van der Waals surface area contributed by atoms with Crippen molar-refractivity contribution in [1.29, 1.82) is 0 Å². The molecule has 24 heavy (non-hydrogen) atoms. The molecule has 2 heterocycles. The van der Waals surface area contributed by atoms with Crippen LogP contribution < -0.4 is 10.1 Å². The zero-order valence-corrected chi connectivity index (χ0v) is 14.8. The third kappa shape index (κ3) is 5.76. The molecule has 6 nitrogen and oxygen atoms in total. The lowest BCUT2D eigenvalue weighted by Crippen LogP contribution is -2.40. The summed E-state index contributed by atoms with van der Waals surface area (Å²) in [6, 6.07) is 3.70. The van der Waals surface area contributed by atoms with E-state index in [1.165, 1.54) is 0 Å². The lowest BCUT2D eigenvalue weighted by atomic mass is 10.1. The zero-order chi connectivity index (χ0) is 17.4. The molecule has 1 aromatic rings. The molecule has 1 N–H and O–H groups in total. The first-order valence-electron chi connectivity index (χ1n) is 8.68. The fourth-order valence-corrected chi connectivity index (χ4v) is 2.63. The van der Waals surface area contributed by atoms with E-state index in [4.69, 9.17) is 14.2 Å². The SMILES string of the molecule is CCOc1cc(CNC(=O)[C@@H](OC[C@H]2CCCO2)C(C)C)ccn1. The van der Waals surface area contributed by atoms with Crippen molar-refractivity contribution in [2.45, 2.75) is 52.4 Å². The van der Waals surface area contributed by atoms with Crippen LogP contribution in [0, 0.1) is 5.92 Å². The molecule has 1 saturated heterocycles. The Hall–Kier alpha value is -1.66. The molecule has 0 saturated carbocycles. The summed E-state index contributed by atoms with van der Waals surface area (Å²) in [7, 11) is 0. The van der Waals surface area contributed by atoms with Crippen LogP contribution in [0.15, 0.2) is 18.3 Å². The first-order valence-corrected chi connectivity index (χ1v) is 8.68. The highest BCUT2D eigenvalue weighted by atomic mass is 16.5. The average Bonchev–Trinajstić information content (AvgIpc) is 3.07. The minimum Gasteiger partial charge on any atom is -0.478 e. The van der Waals surface area contributed by atoms with Crippen molar-refractivity contribution < 1.29 is 19.0 Å². The molecule has 2 atom stereocenters. The number of nitrogens with zero attached hydrogens (tertiary/aromatic N) is 1. The van der Waals surface area contributed by atoms with Crippen LogP contribution in [0.1, 0.15) is 39.2 Å². The zero-order valence-electron chi connectivity index (χ0n) is 14.8. The minimum absolute atomic E-state index is 0.0993. The molecule has 134 valence electrons. The number of carbonyl (C=O) groups excluding carboxylic acids is 1. The molecular weight excluding hydrogens is 308 g/mol. The van der Waals surface area contributed by atoms with Crippen LogP contribution >= 0.6 is 0 Å². The number of rotatable bonds is 9. The highest BCUT2D eigenvalue weighted by Gasteiger charge is 2.25. The Morgan fingerprint density at radius 3 is 3.00 bits per heavy atom. The minimum atomic E-state index is -0.470. The Balaban J connectivity index is 1.84. The van der Waals surface area contributed by atoms with Gasteiger partial charge in [0.25, 0.3) is 0 Å². The standard InChI is InChI=1S/C18H28N2O4/c1-4-22-16-10-14(7-8-19-16)11-20-18(21)17(13(2)3)24-12-15-6-5-9-23-15/h7-8,10,13,15,17H,4-6,9,11-12H2,1-3H3,(H,20,21)/t15-,17+/m1/s1. The molecule has 0 aromatic carbocycles. The van der Waals surface area contributed by atoms with E-state index < -0.39 is 6.10 Å². The van der Waals surface area contributed by atoms with E-state index in [9.17, 15) is 4.79 Å². The van der Waals surface area contributed by atoms with Gasteiger partial charge in [-0.05, 0) is 37.3 Å². The van der Waals surface area contributed by atoms with E-state index in [-0.39, 0.29) is 17.9 Å². The molecule has 1 aliphatic rings. The molecule has 1 fully saturated rings. The van der Waals surface area contributed by atoms with Crippen LogP contribution in [0.25, 0.3) is 0 Å². The Morgan fingerprint density at radius 1 is 1.50 bits per heavy atom. The van der Waals surface area contributed by atoms with Crippen LogP contribution in [0.4, 0.5) is 0 Å². The summed E-state index contributed by atoms with van der Waals surface area (Å²) >= 11 is 0. The van der Waals surface area contributed by atoms with E-state index >= 15 is 0 Å². The first kappa shape index (κ1) is 18.7. The summed E-state index contributed by atoms with van der Waals surface area (Å²) in [5.41, 5.74) is 0.948. The third-order valence-corrected chi connectivity index (χ3v) is 3.91. The maximum Gasteiger partial charge on any atom is 0.249 e. The third-order valence-electron chi connectivity index (χ3n) is 3.91. The lowest BCUT2D eigenvalue weighted by Gasteiger charge is -2.22. The Labute approximate surface area is 143 Å². The molecule has 2 rings (SSSR count). The maximum atomic E-state index is 12.4. The number of hydrogen-bond donors (Lipinski definition) is 1. The van der Waals surface area contributed by atoms with Gasteiger partial charge in [0.1, 0.15) is 6.10 Å². The molecule has 1 amide bonds. The summed E-state index contributed by atoms with van der Waals surface area (Å²) in [5, 5.41) is 2.94. The van der Waals surface area contributed by atoms with Gasteiger partial charge in [0.05, 0.1) is 19.3 Å².